The summed E-state index contributed by atoms with van der Waals surface area (Å²) < 4.78 is 49.7. The Hall–Kier alpha value is -2.66. The molecule has 0 radical (unpaired) electrons. The number of nitrogens with one attached hydrogen (secondary N) is 1. The molecule has 176 valence electrons. The van der Waals surface area contributed by atoms with E-state index in [1.54, 1.807) is 53.3 Å². The van der Waals surface area contributed by atoms with E-state index in [1.165, 1.54) is 6.07 Å². The van der Waals surface area contributed by atoms with E-state index >= 15 is 0 Å². The highest BCUT2D eigenvalue weighted by Gasteiger charge is 2.34. The molecule has 3 atom stereocenters. The van der Waals surface area contributed by atoms with Crippen LogP contribution in [0.3, 0.4) is 0 Å². The maximum atomic E-state index is 14.0. The molecule has 1 aliphatic rings. The second kappa shape index (κ2) is 10.1. The van der Waals surface area contributed by atoms with Crippen molar-refractivity contribution in [3.63, 3.8) is 0 Å². The highest BCUT2D eigenvalue weighted by molar-refractivity contribution is 7.89. The fourth-order valence-corrected chi connectivity index (χ4v) is 5.24. The van der Waals surface area contributed by atoms with E-state index in [1.807, 2.05) is 6.92 Å². The van der Waals surface area contributed by atoms with Crippen LogP contribution in [0.15, 0.2) is 59.6 Å². The largest absolute Gasteiger partial charge is 0.394 e. The highest BCUT2D eigenvalue weighted by atomic mass is 32.2. The molecule has 0 bridgehead atoms. The summed E-state index contributed by atoms with van der Waals surface area (Å²) >= 11 is 0. The molecule has 1 saturated heterocycles. The van der Waals surface area contributed by atoms with E-state index in [-0.39, 0.29) is 23.4 Å². The first-order valence-corrected chi connectivity index (χ1v) is 12.3. The molecule has 8 nitrogen and oxygen atoms in total. The SMILES string of the molecule is Cc1ccc(S(=O)(=O)N[C@@H]2CC[C@H](CCn3cc(-c4ccccc4F)nn3)O[C@@H]2CO)cc1. The van der Waals surface area contributed by atoms with Crippen LogP contribution in [0.2, 0.25) is 0 Å². The Kier molecular flexibility index (Phi) is 7.18. The number of hydrogen-bond donors (Lipinski definition) is 2. The lowest BCUT2D eigenvalue weighted by Crippen LogP contribution is -2.50. The van der Waals surface area contributed by atoms with Crippen LogP contribution in [-0.4, -0.2) is 53.4 Å². The Morgan fingerprint density at radius 2 is 1.94 bits per heavy atom. The van der Waals surface area contributed by atoms with Gasteiger partial charge in [0.05, 0.1) is 35.9 Å². The molecule has 2 aromatic carbocycles. The van der Waals surface area contributed by atoms with Gasteiger partial charge in [-0.15, -0.1) is 5.10 Å². The molecular formula is C23H27FN4O4S. The third kappa shape index (κ3) is 5.64. The summed E-state index contributed by atoms with van der Waals surface area (Å²) in [6.45, 7) is 2.10. The molecule has 1 fully saturated rings. The Balaban J connectivity index is 1.34. The zero-order valence-corrected chi connectivity index (χ0v) is 19.1. The predicted octanol–water partition coefficient (Wildman–Crippen LogP) is 2.67. The maximum Gasteiger partial charge on any atom is 0.240 e. The van der Waals surface area contributed by atoms with Crippen molar-refractivity contribution in [1.82, 2.24) is 19.7 Å². The number of ether oxygens (including phenoxy) is 1. The van der Waals surface area contributed by atoms with Crippen molar-refractivity contribution in [3.8, 4) is 11.3 Å². The van der Waals surface area contributed by atoms with Crippen LogP contribution in [0.25, 0.3) is 11.3 Å². The molecule has 0 aliphatic carbocycles. The zero-order chi connectivity index (χ0) is 23.4. The van der Waals surface area contributed by atoms with Crippen molar-refractivity contribution in [2.45, 2.75) is 55.9 Å². The highest BCUT2D eigenvalue weighted by Crippen LogP contribution is 2.25. The first-order chi connectivity index (χ1) is 15.9. The smallest absolute Gasteiger partial charge is 0.240 e. The number of benzene rings is 2. The van der Waals surface area contributed by atoms with Gasteiger partial charge in [-0.2, -0.15) is 0 Å². The minimum absolute atomic E-state index is 0.164. The van der Waals surface area contributed by atoms with Gasteiger partial charge in [0.25, 0.3) is 0 Å². The minimum Gasteiger partial charge on any atom is -0.394 e. The lowest BCUT2D eigenvalue weighted by atomic mass is 9.98. The van der Waals surface area contributed by atoms with Gasteiger partial charge in [-0.05, 0) is 50.5 Å². The molecule has 0 spiro atoms. The van der Waals surface area contributed by atoms with Gasteiger partial charge in [0.1, 0.15) is 11.5 Å². The Morgan fingerprint density at radius 3 is 2.67 bits per heavy atom. The van der Waals surface area contributed by atoms with Crippen LogP contribution in [0.5, 0.6) is 0 Å². The summed E-state index contributed by atoms with van der Waals surface area (Å²) in [6, 6.07) is 12.5. The summed E-state index contributed by atoms with van der Waals surface area (Å²) in [5.74, 6) is -0.356. The van der Waals surface area contributed by atoms with E-state index in [0.29, 0.717) is 37.1 Å². The van der Waals surface area contributed by atoms with Crippen molar-refractivity contribution >= 4 is 10.0 Å². The fraction of sp³-hybridized carbons (Fsp3) is 0.391. The third-order valence-electron chi connectivity index (χ3n) is 5.80. The van der Waals surface area contributed by atoms with Crippen LogP contribution < -0.4 is 4.72 Å². The quantitative estimate of drug-likeness (QED) is 0.520. The molecule has 0 amide bonds. The van der Waals surface area contributed by atoms with Crippen LogP contribution in [0.4, 0.5) is 4.39 Å². The Labute approximate surface area is 192 Å². The standard InChI is InChI=1S/C23H27FN4O4S/c1-16-6-9-18(10-7-16)33(30,31)26-21-11-8-17(32-23(21)15-29)12-13-28-14-22(25-27-28)19-4-2-3-5-20(19)24/h2-7,9-10,14,17,21,23,26,29H,8,11-13,15H2,1H3/t17-,21-,23-/m1/s1. The normalized spacial score (nSPS) is 21.2. The monoisotopic (exact) mass is 474 g/mol. The number of aromatic nitrogens is 3. The number of aliphatic hydroxyl groups excluding tert-OH is 1. The Bertz CT molecular complexity index is 1180. The number of sulfonamides is 1. The van der Waals surface area contributed by atoms with E-state index in [4.69, 9.17) is 4.74 Å². The Morgan fingerprint density at radius 1 is 1.18 bits per heavy atom. The van der Waals surface area contributed by atoms with Crippen molar-refractivity contribution in [3.05, 3.63) is 66.1 Å². The van der Waals surface area contributed by atoms with Crippen molar-refractivity contribution < 1.29 is 22.7 Å². The zero-order valence-electron chi connectivity index (χ0n) is 18.3. The number of nitrogens with zero attached hydrogens (tertiary/aromatic N) is 3. The van der Waals surface area contributed by atoms with Crippen LogP contribution in [0.1, 0.15) is 24.8 Å². The lowest BCUT2D eigenvalue weighted by Gasteiger charge is -2.36. The summed E-state index contributed by atoms with van der Waals surface area (Å²) in [7, 11) is -3.71. The van der Waals surface area contributed by atoms with Crippen LogP contribution in [-0.2, 0) is 21.3 Å². The number of halogens is 1. The van der Waals surface area contributed by atoms with E-state index < -0.39 is 22.2 Å². The average Bonchev–Trinajstić information content (AvgIpc) is 3.27. The van der Waals surface area contributed by atoms with E-state index in [0.717, 1.165) is 5.56 Å². The van der Waals surface area contributed by atoms with Gasteiger partial charge in [-0.3, -0.25) is 4.68 Å². The summed E-state index contributed by atoms with van der Waals surface area (Å²) in [4.78, 5) is 0.184. The molecule has 0 unspecified atom stereocenters. The summed E-state index contributed by atoms with van der Waals surface area (Å²) in [5.41, 5.74) is 1.82. The van der Waals surface area contributed by atoms with Gasteiger partial charge in [0, 0.05) is 12.1 Å². The number of rotatable bonds is 8. The molecule has 2 heterocycles. The van der Waals surface area contributed by atoms with Gasteiger partial charge >= 0.3 is 0 Å². The van der Waals surface area contributed by atoms with Gasteiger partial charge in [-0.25, -0.2) is 17.5 Å². The molecule has 1 aromatic heterocycles. The number of hydrogen-bond acceptors (Lipinski definition) is 6. The van der Waals surface area contributed by atoms with Crippen molar-refractivity contribution in [2.75, 3.05) is 6.61 Å². The van der Waals surface area contributed by atoms with Gasteiger partial charge in [0.15, 0.2) is 0 Å². The molecule has 10 heteroatoms. The molecule has 3 aromatic rings. The van der Waals surface area contributed by atoms with Crippen molar-refractivity contribution in [2.24, 2.45) is 0 Å². The minimum atomic E-state index is -3.71. The van der Waals surface area contributed by atoms with Crippen LogP contribution >= 0.6 is 0 Å². The maximum absolute atomic E-state index is 14.0. The molecule has 1 aliphatic heterocycles. The lowest BCUT2D eigenvalue weighted by molar-refractivity contribution is -0.0891. The second-order valence-corrected chi connectivity index (χ2v) is 9.95. The first-order valence-electron chi connectivity index (χ1n) is 10.9. The predicted molar refractivity (Wildman–Crippen MR) is 120 cm³/mol. The third-order valence-corrected chi connectivity index (χ3v) is 7.31. The molecule has 0 saturated carbocycles. The van der Waals surface area contributed by atoms with Crippen LogP contribution in [0, 0.1) is 12.7 Å². The van der Waals surface area contributed by atoms with Gasteiger partial charge in [-0.1, -0.05) is 35.0 Å². The summed E-state index contributed by atoms with van der Waals surface area (Å²) in [6.07, 6.45) is 2.65. The van der Waals surface area contributed by atoms with Gasteiger partial charge < -0.3 is 9.84 Å². The number of aryl methyl sites for hydroxylation is 2. The summed E-state index contributed by atoms with van der Waals surface area (Å²) in [5, 5.41) is 17.9. The fourth-order valence-electron chi connectivity index (χ4n) is 3.94. The van der Waals surface area contributed by atoms with E-state index in [2.05, 4.69) is 15.0 Å². The van der Waals surface area contributed by atoms with Crippen molar-refractivity contribution in [1.29, 1.82) is 0 Å². The van der Waals surface area contributed by atoms with Gasteiger partial charge in [0.2, 0.25) is 10.0 Å². The first kappa shape index (κ1) is 23.5. The molecule has 33 heavy (non-hydrogen) atoms. The van der Waals surface area contributed by atoms with E-state index in [9.17, 15) is 17.9 Å². The topological polar surface area (TPSA) is 106 Å². The molecule has 2 N–H and O–H groups in total. The number of aliphatic hydroxyl groups is 1. The molecular weight excluding hydrogens is 447 g/mol. The second-order valence-electron chi connectivity index (χ2n) is 8.23. The average molecular weight is 475 g/mol. The molecule has 4 rings (SSSR count).